The lowest BCUT2D eigenvalue weighted by atomic mass is 10.1. The van der Waals surface area contributed by atoms with Crippen molar-refractivity contribution >= 4 is 11.3 Å². The zero-order valence-corrected chi connectivity index (χ0v) is 12.2. The van der Waals surface area contributed by atoms with Crippen LogP contribution in [0.3, 0.4) is 0 Å². The number of H-pyrrole nitrogens is 1. The van der Waals surface area contributed by atoms with E-state index in [1.165, 1.54) is 16.8 Å². The Kier molecular flexibility index (Phi) is 3.68. The summed E-state index contributed by atoms with van der Waals surface area (Å²) >= 11 is 1.72. The molecule has 2 aromatic rings. The molecule has 0 radical (unpaired) electrons. The zero-order chi connectivity index (χ0) is 13.2. The van der Waals surface area contributed by atoms with Crippen molar-refractivity contribution in [1.82, 2.24) is 20.4 Å². The van der Waals surface area contributed by atoms with Gasteiger partial charge in [0.1, 0.15) is 0 Å². The van der Waals surface area contributed by atoms with Crippen LogP contribution in [0.1, 0.15) is 19.4 Å². The van der Waals surface area contributed by atoms with E-state index in [0.717, 1.165) is 19.6 Å². The van der Waals surface area contributed by atoms with Crippen molar-refractivity contribution in [3.05, 3.63) is 28.6 Å². The van der Waals surface area contributed by atoms with Crippen LogP contribution < -0.4 is 5.32 Å². The van der Waals surface area contributed by atoms with Crippen molar-refractivity contribution < 1.29 is 0 Å². The molecule has 0 bridgehead atoms. The van der Waals surface area contributed by atoms with Gasteiger partial charge in [-0.05, 0) is 25.3 Å². The molecule has 2 aromatic heterocycles. The number of nitrogens with zero attached hydrogens (tertiary/aromatic N) is 2. The molecular weight excluding hydrogens is 256 g/mol. The summed E-state index contributed by atoms with van der Waals surface area (Å²) in [5.74, 6) is 0. The minimum Gasteiger partial charge on any atom is -0.309 e. The van der Waals surface area contributed by atoms with Gasteiger partial charge in [0.25, 0.3) is 0 Å². The number of aromatic amines is 1. The largest absolute Gasteiger partial charge is 0.309 e. The van der Waals surface area contributed by atoms with E-state index in [0.29, 0.717) is 12.1 Å². The zero-order valence-electron chi connectivity index (χ0n) is 11.4. The molecule has 0 aromatic carbocycles. The fourth-order valence-electron chi connectivity index (χ4n) is 2.90. The molecule has 0 amide bonds. The highest BCUT2D eigenvalue weighted by Gasteiger charge is 2.22. The van der Waals surface area contributed by atoms with Crippen molar-refractivity contribution in [2.45, 2.75) is 32.5 Å². The van der Waals surface area contributed by atoms with E-state index in [1.54, 1.807) is 11.3 Å². The average Bonchev–Trinajstić information content (AvgIpc) is 2.96. The SMILES string of the molecule is CC1CN(Cc2cn[nH]c2-c2ccsc2)CC(C)N1. The van der Waals surface area contributed by atoms with Crippen molar-refractivity contribution in [3.8, 4) is 11.3 Å². The van der Waals surface area contributed by atoms with E-state index in [9.17, 15) is 0 Å². The number of nitrogens with one attached hydrogen (secondary N) is 2. The van der Waals surface area contributed by atoms with E-state index >= 15 is 0 Å². The molecule has 102 valence electrons. The summed E-state index contributed by atoms with van der Waals surface area (Å²) in [5.41, 5.74) is 3.70. The van der Waals surface area contributed by atoms with Gasteiger partial charge >= 0.3 is 0 Å². The van der Waals surface area contributed by atoms with Crippen LogP contribution in [0.25, 0.3) is 11.3 Å². The topological polar surface area (TPSA) is 44.0 Å². The maximum Gasteiger partial charge on any atom is 0.0703 e. The Balaban J connectivity index is 1.75. The number of rotatable bonds is 3. The van der Waals surface area contributed by atoms with Crippen molar-refractivity contribution in [1.29, 1.82) is 0 Å². The first-order valence-corrected chi connectivity index (χ1v) is 7.70. The van der Waals surface area contributed by atoms with Crippen LogP contribution in [0.15, 0.2) is 23.0 Å². The third-order valence-corrected chi connectivity index (χ3v) is 4.24. The fraction of sp³-hybridized carbons (Fsp3) is 0.500. The second-order valence-corrected chi connectivity index (χ2v) is 6.23. The smallest absolute Gasteiger partial charge is 0.0703 e. The molecule has 19 heavy (non-hydrogen) atoms. The monoisotopic (exact) mass is 276 g/mol. The Hall–Kier alpha value is -1.17. The Morgan fingerprint density at radius 3 is 2.84 bits per heavy atom. The summed E-state index contributed by atoms with van der Waals surface area (Å²) < 4.78 is 0. The summed E-state index contributed by atoms with van der Waals surface area (Å²) in [6.45, 7) is 7.66. The van der Waals surface area contributed by atoms with E-state index in [2.05, 4.69) is 51.1 Å². The van der Waals surface area contributed by atoms with Gasteiger partial charge in [-0.3, -0.25) is 10.00 Å². The maximum atomic E-state index is 4.22. The molecule has 2 unspecified atom stereocenters. The number of thiophene rings is 1. The van der Waals surface area contributed by atoms with E-state index < -0.39 is 0 Å². The van der Waals surface area contributed by atoms with Crippen molar-refractivity contribution in [2.24, 2.45) is 0 Å². The molecule has 3 heterocycles. The normalized spacial score (nSPS) is 24.7. The molecule has 1 aliphatic rings. The summed E-state index contributed by atoms with van der Waals surface area (Å²) in [4.78, 5) is 2.51. The number of hydrogen-bond acceptors (Lipinski definition) is 4. The molecule has 0 aliphatic carbocycles. The van der Waals surface area contributed by atoms with Gasteiger partial charge in [-0.1, -0.05) is 0 Å². The third-order valence-electron chi connectivity index (χ3n) is 3.55. The molecule has 2 N–H and O–H groups in total. The van der Waals surface area contributed by atoms with Crippen molar-refractivity contribution in [3.63, 3.8) is 0 Å². The Labute approximate surface area is 117 Å². The minimum absolute atomic E-state index is 0.556. The second-order valence-electron chi connectivity index (χ2n) is 5.45. The molecule has 0 spiro atoms. The first-order chi connectivity index (χ1) is 9.22. The molecule has 1 aliphatic heterocycles. The van der Waals surface area contributed by atoms with Gasteiger partial charge in [-0.25, -0.2) is 0 Å². The van der Waals surface area contributed by atoms with Gasteiger partial charge in [0, 0.05) is 48.2 Å². The van der Waals surface area contributed by atoms with E-state index in [-0.39, 0.29) is 0 Å². The molecule has 1 saturated heterocycles. The van der Waals surface area contributed by atoms with Gasteiger partial charge in [-0.2, -0.15) is 16.4 Å². The van der Waals surface area contributed by atoms with Crippen LogP contribution in [-0.4, -0.2) is 40.3 Å². The fourth-order valence-corrected chi connectivity index (χ4v) is 3.54. The van der Waals surface area contributed by atoms with Gasteiger partial charge in [0.05, 0.1) is 11.9 Å². The highest BCUT2D eigenvalue weighted by atomic mass is 32.1. The lowest BCUT2D eigenvalue weighted by Gasteiger charge is -2.36. The van der Waals surface area contributed by atoms with Gasteiger partial charge in [-0.15, -0.1) is 0 Å². The second kappa shape index (κ2) is 5.45. The molecule has 3 rings (SSSR count). The Morgan fingerprint density at radius 1 is 1.37 bits per heavy atom. The Bertz CT molecular complexity index is 509. The van der Waals surface area contributed by atoms with Crippen molar-refractivity contribution in [2.75, 3.05) is 13.1 Å². The molecule has 4 nitrogen and oxygen atoms in total. The predicted molar refractivity (Wildman–Crippen MR) is 79.2 cm³/mol. The standard InChI is InChI=1S/C14H20N4S/c1-10-6-18(7-11(2)16-10)8-13-5-15-17-14(13)12-3-4-19-9-12/h3-5,9-11,16H,6-8H2,1-2H3,(H,15,17). The maximum absolute atomic E-state index is 4.22. The van der Waals surface area contributed by atoms with Crippen LogP contribution >= 0.6 is 11.3 Å². The number of hydrogen-bond donors (Lipinski definition) is 2. The quantitative estimate of drug-likeness (QED) is 0.904. The minimum atomic E-state index is 0.556. The molecule has 1 fully saturated rings. The number of piperazine rings is 1. The van der Waals surface area contributed by atoms with E-state index in [1.807, 2.05) is 6.20 Å². The van der Waals surface area contributed by atoms with Crippen LogP contribution in [-0.2, 0) is 6.54 Å². The van der Waals surface area contributed by atoms with Crippen LogP contribution in [0.2, 0.25) is 0 Å². The number of aromatic nitrogens is 2. The molecule has 0 saturated carbocycles. The molecular formula is C14H20N4S. The molecule has 5 heteroatoms. The van der Waals surface area contributed by atoms with E-state index in [4.69, 9.17) is 0 Å². The van der Waals surface area contributed by atoms with Crippen LogP contribution in [0.5, 0.6) is 0 Å². The van der Waals surface area contributed by atoms with Gasteiger partial charge in [0.2, 0.25) is 0 Å². The third kappa shape index (κ3) is 2.88. The predicted octanol–water partition coefficient (Wildman–Crippen LogP) is 2.32. The summed E-state index contributed by atoms with van der Waals surface area (Å²) in [6, 6.07) is 3.26. The summed E-state index contributed by atoms with van der Waals surface area (Å²) in [6.07, 6.45) is 1.96. The highest BCUT2D eigenvalue weighted by molar-refractivity contribution is 7.08. The first-order valence-electron chi connectivity index (χ1n) is 6.75. The average molecular weight is 276 g/mol. The lowest BCUT2D eigenvalue weighted by Crippen LogP contribution is -2.53. The van der Waals surface area contributed by atoms with Gasteiger partial charge in [0.15, 0.2) is 0 Å². The lowest BCUT2D eigenvalue weighted by molar-refractivity contribution is 0.167. The van der Waals surface area contributed by atoms with Gasteiger partial charge < -0.3 is 5.32 Å². The molecule has 2 atom stereocenters. The van der Waals surface area contributed by atoms with Crippen LogP contribution in [0.4, 0.5) is 0 Å². The summed E-state index contributed by atoms with van der Waals surface area (Å²) in [7, 11) is 0. The summed E-state index contributed by atoms with van der Waals surface area (Å²) in [5, 5.41) is 15.2. The Morgan fingerprint density at radius 2 is 2.16 bits per heavy atom. The van der Waals surface area contributed by atoms with Crippen LogP contribution in [0, 0.1) is 0 Å². The first kappa shape index (κ1) is 12.8. The highest BCUT2D eigenvalue weighted by Crippen LogP contribution is 2.24.